The molecule has 1 aromatic heterocycles. The van der Waals surface area contributed by atoms with Crippen molar-refractivity contribution in [1.29, 1.82) is 0 Å². The van der Waals surface area contributed by atoms with Gasteiger partial charge in [-0.2, -0.15) is 13.2 Å². The van der Waals surface area contributed by atoms with Crippen molar-refractivity contribution in [2.75, 3.05) is 11.1 Å². The number of nitrogens with zero attached hydrogens (tertiary/aromatic N) is 1. The normalized spacial score (nSPS) is 11.5. The van der Waals surface area contributed by atoms with E-state index in [1.165, 1.54) is 0 Å². The third-order valence-corrected chi connectivity index (χ3v) is 3.18. The smallest absolute Gasteiger partial charge is 0.382 e. The van der Waals surface area contributed by atoms with E-state index in [2.05, 4.69) is 10.3 Å². The summed E-state index contributed by atoms with van der Waals surface area (Å²) < 4.78 is 38.2. The highest BCUT2D eigenvalue weighted by Crippen LogP contribution is 2.34. The van der Waals surface area contributed by atoms with Crippen LogP contribution in [0, 0.1) is 20.8 Å². The van der Waals surface area contributed by atoms with Gasteiger partial charge in [-0.1, -0.05) is 17.7 Å². The molecule has 1 aromatic carbocycles. The van der Waals surface area contributed by atoms with Crippen LogP contribution in [0.2, 0.25) is 0 Å². The molecule has 3 nitrogen and oxygen atoms in total. The number of nitrogens with one attached hydrogen (secondary N) is 1. The Morgan fingerprint density at radius 2 is 1.62 bits per heavy atom. The highest BCUT2D eigenvalue weighted by Gasteiger charge is 2.31. The van der Waals surface area contributed by atoms with E-state index in [9.17, 15) is 13.2 Å². The zero-order valence-corrected chi connectivity index (χ0v) is 12.0. The van der Waals surface area contributed by atoms with Gasteiger partial charge >= 0.3 is 6.18 Å². The number of nitrogens with two attached hydrogens (primary N) is 1. The van der Waals surface area contributed by atoms with Gasteiger partial charge in [0.05, 0.1) is 11.3 Å². The number of pyridine rings is 1. The van der Waals surface area contributed by atoms with Crippen molar-refractivity contribution < 1.29 is 13.2 Å². The van der Waals surface area contributed by atoms with Crippen molar-refractivity contribution in [3.8, 4) is 0 Å². The highest BCUT2D eigenvalue weighted by molar-refractivity contribution is 5.74. The lowest BCUT2D eigenvalue weighted by atomic mass is 10.0. The van der Waals surface area contributed by atoms with Crippen LogP contribution >= 0.6 is 0 Å². The molecule has 1 heterocycles. The van der Waals surface area contributed by atoms with Gasteiger partial charge in [0.25, 0.3) is 0 Å². The molecule has 0 amide bonds. The van der Waals surface area contributed by atoms with Crippen LogP contribution in [0.5, 0.6) is 0 Å². The molecule has 0 atom stereocenters. The molecule has 2 rings (SSSR count). The average molecular weight is 295 g/mol. The predicted molar refractivity (Wildman–Crippen MR) is 77.6 cm³/mol. The van der Waals surface area contributed by atoms with Gasteiger partial charge < -0.3 is 11.1 Å². The number of aryl methyl sites for hydroxylation is 3. The van der Waals surface area contributed by atoms with E-state index in [4.69, 9.17) is 5.73 Å². The molecule has 0 unspecified atom stereocenters. The van der Waals surface area contributed by atoms with E-state index < -0.39 is 11.7 Å². The number of anilines is 3. The molecule has 112 valence electrons. The molecule has 2 aromatic rings. The number of halogens is 3. The summed E-state index contributed by atoms with van der Waals surface area (Å²) in [6, 6.07) is 4.88. The topological polar surface area (TPSA) is 50.9 Å². The maximum absolute atomic E-state index is 12.7. The van der Waals surface area contributed by atoms with Gasteiger partial charge in [-0.3, -0.25) is 0 Å². The lowest BCUT2D eigenvalue weighted by Gasteiger charge is -2.16. The van der Waals surface area contributed by atoms with Crippen molar-refractivity contribution in [1.82, 2.24) is 4.98 Å². The molecular weight excluding hydrogens is 279 g/mol. The summed E-state index contributed by atoms with van der Waals surface area (Å²) in [6.07, 6.45) is -3.72. The zero-order valence-electron chi connectivity index (χ0n) is 12.0. The number of hydrogen-bond donors (Lipinski definition) is 2. The molecule has 0 spiro atoms. The van der Waals surface area contributed by atoms with Crippen LogP contribution in [0.3, 0.4) is 0 Å². The van der Waals surface area contributed by atoms with E-state index in [0.29, 0.717) is 0 Å². The molecule has 0 saturated heterocycles. The Labute approximate surface area is 121 Å². The monoisotopic (exact) mass is 295 g/mol. The second kappa shape index (κ2) is 5.27. The number of hydrogen-bond acceptors (Lipinski definition) is 3. The molecular formula is C15H16F3N3. The molecule has 0 fully saturated rings. The summed E-state index contributed by atoms with van der Waals surface area (Å²) in [4.78, 5) is 3.61. The zero-order chi connectivity index (χ0) is 15.8. The summed E-state index contributed by atoms with van der Waals surface area (Å²) in [5.41, 5.74) is 8.69. The number of nitrogen functional groups attached to an aromatic ring is 1. The lowest BCUT2D eigenvalue weighted by Crippen LogP contribution is -2.09. The van der Waals surface area contributed by atoms with Crippen molar-refractivity contribution in [2.45, 2.75) is 26.9 Å². The summed E-state index contributed by atoms with van der Waals surface area (Å²) in [6.45, 7) is 5.74. The van der Waals surface area contributed by atoms with E-state index >= 15 is 0 Å². The van der Waals surface area contributed by atoms with Crippen LogP contribution in [0.15, 0.2) is 24.4 Å². The first-order valence-electron chi connectivity index (χ1n) is 6.36. The molecule has 0 bridgehead atoms. The Morgan fingerprint density at radius 3 is 2.14 bits per heavy atom. The van der Waals surface area contributed by atoms with Crippen molar-refractivity contribution in [3.05, 3.63) is 46.6 Å². The second-order valence-electron chi connectivity index (χ2n) is 5.05. The SMILES string of the molecule is Cc1cc(C)c(Nc2cc(C(F)(F)F)cnc2N)c(C)c1. The Hall–Kier alpha value is -2.24. The average Bonchev–Trinajstić information content (AvgIpc) is 2.34. The van der Waals surface area contributed by atoms with Gasteiger partial charge in [0.1, 0.15) is 5.82 Å². The van der Waals surface area contributed by atoms with Gasteiger partial charge in [0.15, 0.2) is 0 Å². The van der Waals surface area contributed by atoms with E-state index in [1.54, 1.807) is 0 Å². The Bertz CT molecular complexity index is 655. The van der Waals surface area contributed by atoms with Crippen molar-refractivity contribution in [2.24, 2.45) is 0 Å². The molecule has 0 saturated carbocycles. The summed E-state index contributed by atoms with van der Waals surface area (Å²) in [7, 11) is 0. The maximum atomic E-state index is 12.7. The van der Waals surface area contributed by atoms with E-state index in [-0.39, 0.29) is 11.5 Å². The van der Waals surface area contributed by atoms with Gasteiger partial charge in [-0.25, -0.2) is 4.98 Å². The van der Waals surface area contributed by atoms with Crippen LogP contribution in [0.4, 0.5) is 30.4 Å². The molecule has 21 heavy (non-hydrogen) atoms. The van der Waals surface area contributed by atoms with Gasteiger partial charge in [0.2, 0.25) is 0 Å². The predicted octanol–water partition coefficient (Wildman–Crippen LogP) is 4.35. The minimum absolute atomic E-state index is 0.0300. The number of aromatic nitrogens is 1. The molecule has 0 radical (unpaired) electrons. The Morgan fingerprint density at radius 1 is 1.05 bits per heavy atom. The highest BCUT2D eigenvalue weighted by atomic mass is 19.4. The minimum Gasteiger partial charge on any atom is -0.382 e. The fourth-order valence-corrected chi connectivity index (χ4v) is 2.24. The first-order chi connectivity index (χ1) is 9.68. The first kappa shape index (κ1) is 15.2. The standard InChI is InChI=1S/C15H16F3N3/c1-8-4-9(2)13(10(3)5-8)21-12-6-11(15(16,17)18)7-20-14(12)19/h4-7,21H,1-3H3,(H2,19,20). The van der Waals surface area contributed by atoms with Crippen LogP contribution in [0.25, 0.3) is 0 Å². The largest absolute Gasteiger partial charge is 0.417 e. The van der Waals surface area contributed by atoms with E-state index in [1.807, 2.05) is 32.9 Å². The maximum Gasteiger partial charge on any atom is 0.417 e. The van der Waals surface area contributed by atoms with E-state index in [0.717, 1.165) is 34.6 Å². The molecule has 3 N–H and O–H groups in total. The molecule has 0 aliphatic heterocycles. The molecule has 0 aliphatic rings. The van der Waals surface area contributed by atoms with Gasteiger partial charge in [-0.05, 0) is 38.0 Å². The van der Waals surface area contributed by atoms with Crippen molar-refractivity contribution >= 4 is 17.2 Å². The third-order valence-electron chi connectivity index (χ3n) is 3.18. The lowest BCUT2D eigenvalue weighted by molar-refractivity contribution is -0.137. The summed E-state index contributed by atoms with van der Waals surface area (Å²) in [5.74, 6) is 0.0300. The van der Waals surface area contributed by atoms with Gasteiger partial charge in [0, 0.05) is 11.9 Å². The fraction of sp³-hybridized carbons (Fsp3) is 0.267. The first-order valence-corrected chi connectivity index (χ1v) is 6.36. The number of benzene rings is 1. The van der Waals surface area contributed by atoms with Crippen LogP contribution < -0.4 is 11.1 Å². The fourth-order valence-electron chi connectivity index (χ4n) is 2.24. The number of rotatable bonds is 2. The number of alkyl halides is 3. The van der Waals surface area contributed by atoms with Crippen LogP contribution in [-0.2, 0) is 6.18 Å². The Balaban J connectivity index is 2.45. The van der Waals surface area contributed by atoms with Crippen molar-refractivity contribution in [3.63, 3.8) is 0 Å². The summed E-state index contributed by atoms with van der Waals surface area (Å²) >= 11 is 0. The minimum atomic E-state index is -4.45. The molecule has 0 aliphatic carbocycles. The third kappa shape index (κ3) is 3.26. The van der Waals surface area contributed by atoms with Crippen LogP contribution in [0.1, 0.15) is 22.3 Å². The Kier molecular flexibility index (Phi) is 3.80. The quantitative estimate of drug-likeness (QED) is 0.866. The van der Waals surface area contributed by atoms with Gasteiger partial charge in [-0.15, -0.1) is 0 Å². The van der Waals surface area contributed by atoms with Crippen LogP contribution in [-0.4, -0.2) is 4.98 Å². The summed E-state index contributed by atoms with van der Waals surface area (Å²) in [5, 5.41) is 2.96. The second-order valence-corrected chi connectivity index (χ2v) is 5.05. The molecule has 6 heteroatoms.